The number of benzene rings is 10. The number of fused-ring (bicyclic) bond motifs is 9. The van der Waals surface area contributed by atoms with Crippen molar-refractivity contribution in [2.45, 2.75) is 0 Å². The van der Waals surface area contributed by atoms with Crippen LogP contribution >= 0.6 is 0 Å². The fraction of sp³-hybridized carbons (Fsp3) is 0. The second-order valence-electron chi connectivity index (χ2n) is 16.4. The van der Waals surface area contributed by atoms with Gasteiger partial charge in [0.1, 0.15) is 11.2 Å². The van der Waals surface area contributed by atoms with Crippen LogP contribution in [0.2, 0.25) is 0 Å². The molecule has 3 aromatic heterocycles. The zero-order chi connectivity index (χ0) is 42.1. The second-order valence-corrected chi connectivity index (χ2v) is 16.4. The number of furan rings is 1. The molecule has 13 aromatic rings. The summed E-state index contributed by atoms with van der Waals surface area (Å²) in [6.07, 6.45) is 0. The normalized spacial score (nSPS) is 11.8. The molecule has 64 heavy (non-hydrogen) atoms. The molecule has 0 atom stereocenters. The molecule has 0 fully saturated rings. The van der Waals surface area contributed by atoms with Gasteiger partial charge >= 0.3 is 0 Å². The van der Waals surface area contributed by atoms with Gasteiger partial charge in [0.05, 0.1) is 16.7 Å². The van der Waals surface area contributed by atoms with Gasteiger partial charge in [-0.1, -0.05) is 158 Å². The third-order valence-electron chi connectivity index (χ3n) is 12.6. The monoisotopic (exact) mass is 816 g/mol. The predicted molar refractivity (Wildman–Crippen MR) is 264 cm³/mol. The summed E-state index contributed by atoms with van der Waals surface area (Å²) in [7, 11) is 0. The van der Waals surface area contributed by atoms with Crippen LogP contribution in [0, 0.1) is 0 Å². The fourth-order valence-corrected chi connectivity index (χ4v) is 9.56. The van der Waals surface area contributed by atoms with Gasteiger partial charge in [0.15, 0.2) is 17.5 Å². The van der Waals surface area contributed by atoms with E-state index in [0.717, 1.165) is 88.4 Å². The van der Waals surface area contributed by atoms with E-state index in [4.69, 9.17) is 19.4 Å². The Morgan fingerprint density at radius 1 is 0.297 bits per heavy atom. The van der Waals surface area contributed by atoms with E-state index in [2.05, 4.69) is 193 Å². The number of rotatable bonds is 6. The van der Waals surface area contributed by atoms with E-state index in [9.17, 15) is 0 Å². The summed E-state index contributed by atoms with van der Waals surface area (Å²) in [6, 6.07) is 76.9. The molecule has 298 valence electrons. The van der Waals surface area contributed by atoms with E-state index in [1.54, 1.807) is 0 Å². The maximum absolute atomic E-state index is 6.81. The molecule has 0 aliphatic rings. The summed E-state index contributed by atoms with van der Waals surface area (Å²) in [5.74, 6) is 1.80. The molecule has 3 heterocycles. The van der Waals surface area contributed by atoms with Crippen LogP contribution in [-0.2, 0) is 0 Å². The molecule has 0 spiro atoms. The Balaban J connectivity index is 1.02. The first-order valence-corrected chi connectivity index (χ1v) is 21.6. The van der Waals surface area contributed by atoms with Crippen molar-refractivity contribution in [2.24, 2.45) is 0 Å². The van der Waals surface area contributed by atoms with Crippen LogP contribution in [0.3, 0.4) is 0 Å². The summed E-state index contributed by atoms with van der Waals surface area (Å²) in [5.41, 5.74) is 12.1. The molecule has 5 nitrogen and oxygen atoms in total. The van der Waals surface area contributed by atoms with E-state index in [-0.39, 0.29) is 0 Å². The first-order valence-electron chi connectivity index (χ1n) is 21.6. The lowest BCUT2D eigenvalue weighted by molar-refractivity contribution is 0.669. The molecular formula is C59H36N4O. The molecule has 5 heteroatoms. The molecule has 0 aliphatic carbocycles. The average Bonchev–Trinajstić information content (AvgIpc) is 3.90. The van der Waals surface area contributed by atoms with Gasteiger partial charge in [-0.2, -0.15) is 0 Å². The number of nitrogens with zero attached hydrogens (tertiary/aromatic N) is 4. The lowest BCUT2D eigenvalue weighted by atomic mass is 9.96. The Kier molecular flexibility index (Phi) is 8.15. The standard InChI is InChI=1S/C59H36N4O/c1-4-16-37(17-5-1)43-30-44(38-18-6-2-7-19-38)32-45(31-43)59-61-57(39-20-8-3-9-21-39)60-58(62-59)42-28-29-54-50(34-42)56-48-26-13-12-24-46(48)53(36-55(56)64-54)63-51-27-15-14-25-47(51)49-33-40-22-10-11-23-41(40)35-52(49)63/h1-36H. The highest BCUT2D eigenvalue weighted by molar-refractivity contribution is 6.22. The highest BCUT2D eigenvalue weighted by Gasteiger charge is 2.21. The topological polar surface area (TPSA) is 56.7 Å². The first-order chi connectivity index (χ1) is 31.7. The zero-order valence-corrected chi connectivity index (χ0v) is 34.5. The van der Waals surface area contributed by atoms with Gasteiger partial charge in [0.2, 0.25) is 0 Å². The Morgan fingerprint density at radius 2 is 0.828 bits per heavy atom. The minimum Gasteiger partial charge on any atom is -0.456 e. The van der Waals surface area contributed by atoms with Gasteiger partial charge in [0.25, 0.3) is 0 Å². The lowest BCUT2D eigenvalue weighted by Crippen LogP contribution is -2.00. The highest BCUT2D eigenvalue weighted by atomic mass is 16.3. The van der Waals surface area contributed by atoms with Crippen LogP contribution in [-0.4, -0.2) is 19.5 Å². The minimum absolute atomic E-state index is 0.588. The largest absolute Gasteiger partial charge is 0.456 e. The van der Waals surface area contributed by atoms with Crippen molar-refractivity contribution in [3.05, 3.63) is 218 Å². The smallest absolute Gasteiger partial charge is 0.164 e. The average molecular weight is 817 g/mol. The molecule has 0 amide bonds. The summed E-state index contributed by atoms with van der Waals surface area (Å²) >= 11 is 0. The summed E-state index contributed by atoms with van der Waals surface area (Å²) in [6.45, 7) is 0. The Hall–Kier alpha value is -8.67. The zero-order valence-electron chi connectivity index (χ0n) is 34.5. The third-order valence-corrected chi connectivity index (χ3v) is 12.6. The van der Waals surface area contributed by atoms with Crippen molar-refractivity contribution in [3.8, 4) is 62.1 Å². The van der Waals surface area contributed by atoms with Crippen LogP contribution in [0.15, 0.2) is 223 Å². The number of aromatic nitrogens is 4. The number of hydrogen-bond acceptors (Lipinski definition) is 4. The molecule has 0 N–H and O–H groups in total. The highest BCUT2D eigenvalue weighted by Crippen LogP contribution is 2.43. The minimum atomic E-state index is 0.588. The Morgan fingerprint density at radius 3 is 1.52 bits per heavy atom. The molecule has 0 saturated carbocycles. The third kappa shape index (κ3) is 5.90. The van der Waals surface area contributed by atoms with Crippen molar-refractivity contribution in [3.63, 3.8) is 0 Å². The fourth-order valence-electron chi connectivity index (χ4n) is 9.56. The van der Waals surface area contributed by atoms with Crippen molar-refractivity contribution in [1.82, 2.24) is 19.5 Å². The maximum atomic E-state index is 6.81. The van der Waals surface area contributed by atoms with E-state index in [1.165, 1.54) is 21.5 Å². The van der Waals surface area contributed by atoms with Crippen LogP contribution in [0.25, 0.3) is 127 Å². The predicted octanol–water partition coefficient (Wildman–Crippen LogP) is 15.5. The number of hydrogen-bond donors (Lipinski definition) is 0. The van der Waals surface area contributed by atoms with E-state index >= 15 is 0 Å². The first kappa shape index (κ1) is 36.0. The van der Waals surface area contributed by atoms with Crippen molar-refractivity contribution in [2.75, 3.05) is 0 Å². The lowest BCUT2D eigenvalue weighted by Gasteiger charge is -2.13. The maximum Gasteiger partial charge on any atom is 0.164 e. The summed E-state index contributed by atoms with van der Waals surface area (Å²) in [5, 5.41) is 9.19. The molecule has 0 radical (unpaired) electrons. The molecule has 0 saturated heterocycles. The van der Waals surface area contributed by atoms with Crippen LogP contribution in [0.4, 0.5) is 0 Å². The van der Waals surface area contributed by atoms with Gasteiger partial charge in [-0.25, -0.2) is 15.0 Å². The quantitative estimate of drug-likeness (QED) is 0.168. The summed E-state index contributed by atoms with van der Waals surface area (Å²) in [4.78, 5) is 15.6. The number of para-hydroxylation sites is 1. The second kappa shape index (κ2) is 14.5. The SMILES string of the molecule is c1ccc(-c2cc(-c3ccccc3)cc(-c3nc(-c4ccccc4)nc(-c4ccc5oc6cc(-n7c8ccccc8c8cc9ccccc9cc87)c7ccccc7c6c5c4)n3)c2)cc1. The molecule has 13 rings (SSSR count). The van der Waals surface area contributed by atoms with E-state index in [1.807, 2.05) is 30.3 Å². The van der Waals surface area contributed by atoms with Gasteiger partial charge in [-0.3, -0.25) is 0 Å². The molecule has 0 bridgehead atoms. The molecule has 0 unspecified atom stereocenters. The van der Waals surface area contributed by atoms with Gasteiger partial charge in [-0.05, 0) is 93.0 Å². The molecule has 0 aliphatic heterocycles. The van der Waals surface area contributed by atoms with Gasteiger partial charge < -0.3 is 8.98 Å². The van der Waals surface area contributed by atoms with Gasteiger partial charge in [-0.15, -0.1) is 0 Å². The van der Waals surface area contributed by atoms with E-state index in [0.29, 0.717) is 17.5 Å². The summed E-state index contributed by atoms with van der Waals surface area (Å²) < 4.78 is 9.22. The van der Waals surface area contributed by atoms with E-state index < -0.39 is 0 Å². The van der Waals surface area contributed by atoms with Crippen molar-refractivity contribution in [1.29, 1.82) is 0 Å². The van der Waals surface area contributed by atoms with Crippen LogP contribution in [0.1, 0.15) is 0 Å². The Labute approximate surface area is 368 Å². The Bertz CT molecular complexity index is 3890. The van der Waals surface area contributed by atoms with Crippen molar-refractivity contribution < 1.29 is 4.42 Å². The van der Waals surface area contributed by atoms with Crippen LogP contribution < -0.4 is 0 Å². The van der Waals surface area contributed by atoms with Gasteiger partial charge in [0, 0.05) is 49.7 Å². The molecule has 10 aromatic carbocycles. The van der Waals surface area contributed by atoms with Crippen molar-refractivity contribution >= 4 is 65.3 Å². The van der Waals surface area contributed by atoms with Crippen LogP contribution in [0.5, 0.6) is 0 Å². The molecular weight excluding hydrogens is 781 g/mol.